The summed E-state index contributed by atoms with van der Waals surface area (Å²) in [6.07, 6.45) is 0. The molecule has 33 heavy (non-hydrogen) atoms. The van der Waals surface area contributed by atoms with Crippen LogP contribution in [-0.4, -0.2) is 31.7 Å². The molecule has 0 aliphatic carbocycles. The van der Waals surface area contributed by atoms with Crippen LogP contribution >= 0.6 is 0 Å². The molecule has 0 spiro atoms. The van der Waals surface area contributed by atoms with Crippen LogP contribution in [0, 0.1) is 0 Å². The first kappa shape index (κ1) is 24.0. The van der Waals surface area contributed by atoms with E-state index in [9.17, 15) is 18.3 Å². The number of sulfonamides is 1. The van der Waals surface area contributed by atoms with Gasteiger partial charge in [0.2, 0.25) is 0 Å². The van der Waals surface area contributed by atoms with Crippen molar-refractivity contribution in [3.05, 3.63) is 90.0 Å². The highest BCUT2D eigenvalue weighted by Gasteiger charge is 2.27. The number of phenolic OH excluding ortho intramolecular Hbond substituents is 1. The van der Waals surface area contributed by atoms with Gasteiger partial charge in [-0.25, -0.2) is 13.8 Å². The van der Waals surface area contributed by atoms with Gasteiger partial charge in [-0.3, -0.25) is 9.10 Å². The number of hydrogen-bond donors (Lipinski definition) is 2. The van der Waals surface area contributed by atoms with Crippen molar-refractivity contribution >= 4 is 27.3 Å². The first-order chi connectivity index (χ1) is 15.7. The zero-order valence-corrected chi connectivity index (χ0v) is 19.6. The molecule has 3 rings (SSSR count). The van der Waals surface area contributed by atoms with Crippen molar-refractivity contribution in [1.82, 2.24) is 5.43 Å². The Morgan fingerprint density at radius 1 is 0.970 bits per heavy atom. The molecule has 0 bridgehead atoms. The van der Waals surface area contributed by atoms with Crippen molar-refractivity contribution in [2.45, 2.75) is 31.6 Å². The van der Waals surface area contributed by atoms with E-state index in [1.54, 1.807) is 55.5 Å². The van der Waals surface area contributed by atoms with Crippen molar-refractivity contribution in [3.63, 3.8) is 0 Å². The molecule has 0 aromatic heterocycles. The molecule has 1 amide bonds. The van der Waals surface area contributed by atoms with Gasteiger partial charge in [0.25, 0.3) is 15.9 Å². The Bertz CT molecular complexity index is 1240. The molecule has 3 aromatic carbocycles. The molecule has 0 atom stereocenters. The molecule has 0 fully saturated rings. The number of para-hydroxylation sites is 1. The number of nitrogens with one attached hydrogen (secondary N) is 1. The largest absolute Gasteiger partial charge is 0.507 e. The topological polar surface area (TPSA) is 99.1 Å². The minimum Gasteiger partial charge on any atom is -0.507 e. The van der Waals surface area contributed by atoms with Crippen molar-refractivity contribution in [3.8, 4) is 5.75 Å². The van der Waals surface area contributed by atoms with Gasteiger partial charge >= 0.3 is 0 Å². The minimum atomic E-state index is -4.00. The zero-order chi connectivity index (χ0) is 24.0. The Labute approximate surface area is 194 Å². The number of amides is 1. The molecule has 172 valence electrons. The van der Waals surface area contributed by atoms with E-state index in [-0.39, 0.29) is 16.6 Å². The van der Waals surface area contributed by atoms with E-state index in [0.717, 1.165) is 9.87 Å². The van der Waals surface area contributed by atoms with Crippen LogP contribution in [0.1, 0.15) is 37.8 Å². The van der Waals surface area contributed by atoms with Gasteiger partial charge < -0.3 is 5.11 Å². The van der Waals surface area contributed by atoms with Crippen LogP contribution in [0.5, 0.6) is 5.75 Å². The van der Waals surface area contributed by atoms with Gasteiger partial charge in [0.15, 0.2) is 0 Å². The summed E-state index contributed by atoms with van der Waals surface area (Å²) in [5.74, 6) is -0.294. The lowest BCUT2D eigenvalue weighted by Crippen LogP contribution is -2.39. The summed E-state index contributed by atoms with van der Waals surface area (Å²) in [5.41, 5.74) is 4.68. The molecule has 7 nitrogen and oxygen atoms in total. The summed E-state index contributed by atoms with van der Waals surface area (Å²) < 4.78 is 27.8. The van der Waals surface area contributed by atoms with Crippen LogP contribution in [0.4, 0.5) is 5.69 Å². The van der Waals surface area contributed by atoms with Crippen molar-refractivity contribution in [2.75, 3.05) is 10.8 Å². The molecular weight excluding hydrogens is 438 g/mol. The molecule has 2 N–H and O–H groups in total. The molecule has 0 saturated heterocycles. The third-order valence-electron chi connectivity index (χ3n) is 5.11. The van der Waals surface area contributed by atoms with Crippen LogP contribution in [0.25, 0.3) is 0 Å². The van der Waals surface area contributed by atoms with Gasteiger partial charge in [-0.2, -0.15) is 5.10 Å². The van der Waals surface area contributed by atoms with Crippen LogP contribution in [0.15, 0.2) is 88.9 Å². The van der Waals surface area contributed by atoms with E-state index in [1.165, 1.54) is 18.2 Å². The molecule has 8 heteroatoms. The summed E-state index contributed by atoms with van der Waals surface area (Å²) >= 11 is 0. The Balaban J connectivity index is 1.89. The second-order valence-electron chi connectivity index (χ2n) is 7.82. The second-order valence-corrected chi connectivity index (χ2v) is 9.68. The number of phenols is 1. The number of anilines is 1. The van der Waals surface area contributed by atoms with Crippen LogP contribution in [0.3, 0.4) is 0 Å². The SMILES string of the molecule is C/C(=N/NC(=O)CN(c1ccc(C(C)C)cc1)S(=O)(=O)c1ccccc1)c1ccccc1O. The summed E-state index contributed by atoms with van der Waals surface area (Å²) in [7, 11) is -4.00. The fourth-order valence-electron chi connectivity index (χ4n) is 3.21. The van der Waals surface area contributed by atoms with Gasteiger partial charge in [0.1, 0.15) is 12.3 Å². The average molecular weight is 466 g/mol. The van der Waals surface area contributed by atoms with Crippen LogP contribution < -0.4 is 9.73 Å². The summed E-state index contributed by atoms with van der Waals surface area (Å²) in [5, 5.41) is 14.0. The number of nitrogens with zero attached hydrogens (tertiary/aromatic N) is 2. The molecule has 0 radical (unpaired) electrons. The Morgan fingerprint density at radius 2 is 1.58 bits per heavy atom. The van der Waals surface area contributed by atoms with Gasteiger partial charge in [0, 0.05) is 5.56 Å². The quantitative estimate of drug-likeness (QED) is 0.384. The molecule has 0 unspecified atom stereocenters. The highest BCUT2D eigenvalue weighted by atomic mass is 32.2. The van der Waals surface area contributed by atoms with Crippen molar-refractivity contribution in [2.24, 2.45) is 5.10 Å². The van der Waals surface area contributed by atoms with Gasteiger partial charge in [-0.1, -0.05) is 56.3 Å². The molecule has 0 aliphatic rings. The molecule has 0 heterocycles. The maximum atomic E-state index is 13.4. The lowest BCUT2D eigenvalue weighted by molar-refractivity contribution is -0.119. The first-order valence-corrected chi connectivity index (χ1v) is 11.9. The molecular formula is C25H27N3O4S. The van der Waals surface area contributed by atoms with E-state index >= 15 is 0 Å². The molecule has 3 aromatic rings. The summed E-state index contributed by atoms with van der Waals surface area (Å²) in [4.78, 5) is 12.8. The fourth-order valence-corrected chi connectivity index (χ4v) is 4.65. The van der Waals surface area contributed by atoms with E-state index in [0.29, 0.717) is 17.0 Å². The molecule has 0 aliphatic heterocycles. The number of carbonyl (C=O) groups is 1. The maximum absolute atomic E-state index is 13.4. The van der Waals surface area contributed by atoms with E-state index in [1.807, 2.05) is 26.0 Å². The lowest BCUT2D eigenvalue weighted by Gasteiger charge is -2.24. The monoisotopic (exact) mass is 465 g/mol. The molecule has 0 saturated carbocycles. The highest BCUT2D eigenvalue weighted by Crippen LogP contribution is 2.25. The Kier molecular flexibility index (Phi) is 7.50. The van der Waals surface area contributed by atoms with E-state index < -0.39 is 22.5 Å². The van der Waals surface area contributed by atoms with Gasteiger partial charge in [-0.15, -0.1) is 0 Å². The highest BCUT2D eigenvalue weighted by molar-refractivity contribution is 7.92. The predicted octanol–water partition coefficient (Wildman–Crippen LogP) is 4.25. The number of aromatic hydroxyl groups is 1. The van der Waals surface area contributed by atoms with Crippen molar-refractivity contribution < 1.29 is 18.3 Å². The minimum absolute atomic E-state index is 0.0338. The van der Waals surface area contributed by atoms with E-state index in [4.69, 9.17) is 0 Å². The Morgan fingerprint density at radius 3 is 2.18 bits per heavy atom. The number of benzene rings is 3. The number of hydrazone groups is 1. The first-order valence-electron chi connectivity index (χ1n) is 10.5. The zero-order valence-electron chi connectivity index (χ0n) is 18.8. The number of rotatable bonds is 8. The van der Waals surface area contributed by atoms with E-state index in [2.05, 4.69) is 10.5 Å². The average Bonchev–Trinajstić information content (AvgIpc) is 2.82. The Hall–Kier alpha value is -3.65. The fraction of sp³-hybridized carbons (Fsp3) is 0.200. The third kappa shape index (κ3) is 5.78. The van der Waals surface area contributed by atoms with Crippen LogP contribution in [-0.2, 0) is 14.8 Å². The van der Waals surface area contributed by atoms with Crippen LogP contribution in [0.2, 0.25) is 0 Å². The normalized spacial score (nSPS) is 11.9. The van der Waals surface area contributed by atoms with Crippen molar-refractivity contribution in [1.29, 1.82) is 0 Å². The number of hydrogen-bond acceptors (Lipinski definition) is 5. The maximum Gasteiger partial charge on any atom is 0.264 e. The van der Waals surface area contributed by atoms with Gasteiger partial charge in [0.05, 0.1) is 16.3 Å². The summed E-state index contributed by atoms with van der Waals surface area (Å²) in [6, 6.07) is 21.7. The third-order valence-corrected chi connectivity index (χ3v) is 6.90. The summed E-state index contributed by atoms with van der Waals surface area (Å²) in [6.45, 7) is 5.27. The standard InChI is InChI=1S/C25H27N3O4S/c1-18(2)20-13-15-21(16-14-20)28(33(31,32)22-9-5-4-6-10-22)17-25(30)27-26-19(3)23-11-7-8-12-24(23)29/h4-16,18,29H,17H2,1-3H3,(H,27,30)/b26-19-. The second kappa shape index (κ2) is 10.3. The lowest BCUT2D eigenvalue weighted by atomic mass is 10.0. The smallest absolute Gasteiger partial charge is 0.264 e. The number of carbonyl (C=O) groups excluding carboxylic acids is 1. The van der Waals surface area contributed by atoms with Gasteiger partial charge in [-0.05, 0) is 54.8 Å². The predicted molar refractivity (Wildman–Crippen MR) is 130 cm³/mol.